The van der Waals surface area contributed by atoms with Crippen LogP contribution < -0.4 is 25.0 Å². The van der Waals surface area contributed by atoms with Gasteiger partial charge in [0.1, 0.15) is 0 Å². The van der Waals surface area contributed by atoms with Gasteiger partial charge in [-0.25, -0.2) is 9.78 Å². The first kappa shape index (κ1) is 36.9. The predicted octanol–water partition coefficient (Wildman–Crippen LogP) is 8.21. The molecule has 3 heterocycles. The molecule has 1 aliphatic heterocycles. The monoisotopic (exact) mass is 724 g/mol. The Morgan fingerprint density at radius 3 is 2.50 bits per heavy atom. The van der Waals surface area contributed by atoms with Gasteiger partial charge in [0.25, 0.3) is 5.91 Å². The fourth-order valence-corrected chi connectivity index (χ4v) is 7.10. The van der Waals surface area contributed by atoms with E-state index in [4.69, 9.17) is 9.47 Å². The summed E-state index contributed by atoms with van der Waals surface area (Å²) in [5, 5.41) is 18.0. The van der Waals surface area contributed by atoms with Gasteiger partial charge in [-0.3, -0.25) is 14.6 Å². The van der Waals surface area contributed by atoms with Gasteiger partial charge in [-0.05, 0) is 80.1 Å². The third-order valence-corrected chi connectivity index (χ3v) is 10.3. The van der Waals surface area contributed by atoms with Gasteiger partial charge in [-0.2, -0.15) is 0 Å². The summed E-state index contributed by atoms with van der Waals surface area (Å²) in [6, 6.07) is 21.1. The molecule has 3 aromatic carbocycles. The van der Waals surface area contributed by atoms with Gasteiger partial charge in [0.2, 0.25) is 5.06 Å². The van der Waals surface area contributed by atoms with Crippen molar-refractivity contribution < 1.29 is 24.2 Å². The molecule has 274 valence electrons. The second kappa shape index (κ2) is 17.1. The second-order valence-corrected chi connectivity index (χ2v) is 14.1. The van der Waals surface area contributed by atoms with Gasteiger partial charge in [0.15, 0.2) is 16.6 Å². The normalized spacial score (nSPS) is 13.7. The van der Waals surface area contributed by atoms with Crippen molar-refractivity contribution in [2.75, 3.05) is 37.0 Å². The van der Waals surface area contributed by atoms with E-state index in [1.54, 1.807) is 31.4 Å². The lowest BCUT2D eigenvalue weighted by Gasteiger charge is -2.29. The highest BCUT2D eigenvalue weighted by atomic mass is 32.1. The molecule has 1 aliphatic rings. The molecule has 1 fully saturated rings. The first-order chi connectivity index (χ1) is 25.3. The van der Waals surface area contributed by atoms with E-state index in [0.29, 0.717) is 39.6 Å². The van der Waals surface area contributed by atoms with Crippen LogP contribution in [-0.2, 0) is 6.54 Å². The van der Waals surface area contributed by atoms with Crippen molar-refractivity contribution in [3.05, 3.63) is 90.3 Å². The molecule has 52 heavy (non-hydrogen) atoms. The molecule has 6 rings (SSSR count). The molecule has 0 atom stereocenters. The molecule has 0 saturated carbocycles. The van der Waals surface area contributed by atoms with Crippen LogP contribution in [0.15, 0.2) is 79.1 Å². The van der Waals surface area contributed by atoms with Crippen molar-refractivity contribution in [1.29, 1.82) is 0 Å². The molecule has 0 spiro atoms. The molecule has 0 unspecified atom stereocenters. The van der Waals surface area contributed by atoms with Crippen LogP contribution in [0.5, 0.6) is 16.6 Å². The van der Waals surface area contributed by atoms with Crippen LogP contribution in [-0.4, -0.2) is 70.4 Å². The van der Waals surface area contributed by atoms with Crippen LogP contribution in [0.25, 0.3) is 16.6 Å². The quantitative estimate of drug-likeness (QED) is 0.106. The first-order valence-corrected chi connectivity index (χ1v) is 18.9. The number of aliphatic hydroxyl groups excluding tert-OH is 1. The van der Waals surface area contributed by atoms with Crippen LogP contribution in [0.2, 0.25) is 0 Å². The third kappa shape index (κ3) is 8.75. The standard InChI is InChI=1S/C40H48N6O5S/c1-5-22-50-36-23-30(43-39(49)42-29(6-2)7-3)14-17-35(36)51-37-24-41-40(52-37)44(4)38(48)27-12-15-31(16-13-27)46-26-28(33-10-8-9-11-34(33)46)25-45-20-18-32(47)19-21-45/h8-17,23-24,26,29,32,47H,5-7,18-22,25H2,1-4H3,(H2,42,43,49). The fourth-order valence-electron chi connectivity index (χ4n) is 6.35. The lowest BCUT2D eigenvalue weighted by Crippen LogP contribution is -2.37. The van der Waals surface area contributed by atoms with Crippen LogP contribution in [0.1, 0.15) is 68.8 Å². The molecule has 1 saturated heterocycles. The van der Waals surface area contributed by atoms with Gasteiger partial charge in [-0.1, -0.05) is 50.3 Å². The number of nitrogens with one attached hydrogen (secondary N) is 2. The van der Waals surface area contributed by atoms with Crippen molar-refractivity contribution in [3.63, 3.8) is 0 Å². The summed E-state index contributed by atoms with van der Waals surface area (Å²) < 4.78 is 14.3. The zero-order chi connectivity index (χ0) is 36.6. The number of para-hydroxylation sites is 1. The summed E-state index contributed by atoms with van der Waals surface area (Å²) in [5.41, 5.74) is 4.45. The minimum absolute atomic E-state index is 0.106. The number of piperidine rings is 1. The number of benzene rings is 3. The minimum atomic E-state index is -0.267. The van der Waals surface area contributed by atoms with E-state index in [-0.39, 0.29) is 24.1 Å². The molecule has 2 aromatic heterocycles. The molecule has 12 heteroatoms. The Labute approximate surface area is 309 Å². The molecule has 3 amide bonds. The van der Waals surface area contributed by atoms with Gasteiger partial charge in [0.05, 0.1) is 24.4 Å². The Balaban J connectivity index is 1.13. The van der Waals surface area contributed by atoms with Crippen molar-refractivity contribution >= 4 is 45.0 Å². The maximum absolute atomic E-state index is 13.6. The number of carbonyl (C=O) groups excluding carboxylic acids is 2. The first-order valence-electron chi connectivity index (χ1n) is 18.1. The molecule has 3 N–H and O–H groups in total. The average Bonchev–Trinajstić information content (AvgIpc) is 3.79. The SMILES string of the molecule is CCCOc1cc(NC(=O)NC(CC)CC)ccc1Oc1cnc(N(C)C(=O)c2ccc(-n3cc(CN4CCC(O)CC4)c4ccccc43)cc2)s1. The van der Waals surface area contributed by atoms with E-state index < -0.39 is 0 Å². The van der Waals surface area contributed by atoms with E-state index in [9.17, 15) is 14.7 Å². The van der Waals surface area contributed by atoms with Crippen molar-refractivity contribution in [1.82, 2.24) is 19.8 Å². The molecule has 5 aromatic rings. The van der Waals surface area contributed by atoms with Crippen LogP contribution in [0.4, 0.5) is 15.6 Å². The number of ether oxygens (including phenoxy) is 2. The number of fused-ring (bicyclic) bond motifs is 1. The number of hydrogen-bond donors (Lipinski definition) is 3. The van der Waals surface area contributed by atoms with E-state index in [1.807, 2.05) is 51.1 Å². The lowest BCUT2D eigenvalue weighted by molar-refractivity contribution is 0.0794. The van der Waals surface area contributed by atoms with Crippen LogP contribution >= 0.6 is 11.3 Å². The average molecular weight is 725 g/mol. The van der Waals surface area contributed by atoms with Crippen molar-refractivity contribution in [3.8, 4) is 22.2 Å². The molecular formula is C40H48N6O5S. The largest absolute Gasteiger partial charge is 0.490 e. The summed E-state index contributed by atoms with van der Waals surface area (Å²) in [6.07, 6.45) is 7.70. The smallest absolute Gasteiger partial charge is 0.319 e. The zero-order valence-electron chi connectivity index (χ0n) is 30.3. The van der Waals surface area contributed by atoms with Gasteiger partial charge in [-0.15, -0.1) is 0 Å². The van der Waals surface area contributed by atoms with Crippen LogP contribution in [0, 0.1) is 0 Å². The van der Waals surface area contributed by atoms with E-state index in [2.05, 4.69) is 49.5 Å². The maximum Gasteiger partial charge on any atom is 0.319 e. The number of likely N-dealkylation sites (tertiary alicyclic amines) is 1. The van der Waals surface area contributed by atoms with Gasteiger partial charge < -0.3 is 29.8 Å². The number of nitrogens with zero attached hydrogens (tertiary/aromatic N) is 4. The Bertz CT molecular complexity index is 1960. The molecule has 0 bridgehead atoms. The maximum atomic E-state index is 13.6. The number of thiazole rings is 1. The number of aromatic nitrogens is 2. The summed E-state index contributed by atoms with van der Waals surface area (Å²) in [5.74, 6) is 0.789. The van der Waals surface area contributed by atoms with Crippen molar-refractivity contribution in [2.45, 2.75) is 71.6 Å². The summed E-state index contributed by atoms with van der Waals surface area (Å²) in [6.45, 7) is 9.18. The Hall–Kier alpha value is -4.91. The summed E-state index contributed by atoms with van der Waals surface area (Å²) in [7, 11) is 1.70. The highest BCUT2D eigenvalue weighted by Gasteiger charge is 2.21. The number of rotatable bonds is 14. The lowest BCUT2D eigenvalue weighted by atomic mass is 10.1. The number of anilines is 2. The Morgan fingerprint density at radius 1 is 1.02 bits per heavy atom. The predicted molar refractivity (Wildman–Crippen MR) is 207 cm³/mol. The Morgan fingerprint density at radius 2 is 1.77 bits per heavy atom. The number of aliphatic hydroxyl groups is 1. The van der Waals surface area contributed by atoms with Crippen molar-refractivity contribution in [2.24, 2.45) is 0 Å². The number of urea groups is 1. The highest BCUT2D eigenvalue weighted by molar-refractivity contribution is 7.17. The van der Waals surface area contributed by atoms with Gasteiger partial charge >= 0.3 is 6.03 Å². The topological polar surface area (TPSA) is 121 Å². The molecule has 11 nitrogen and oxygen atoms in total. The summed E-state index contributed by atoms with van der Waals surface area (Å²) >= 11 is 1.25. The number of carbonyl (C=O) groups is 2. The third-order valence-electron chi connectivity index (χ3n) is 9.40. The van der Waals surface area contributed by atoms with Gasteiger partial charge in [0, 0.05) is 67.3 Å². The van der Waals surface area contributed by atoms with E-state index in [0.717, 1.165) is 62.9 Å². The number of hydrogen-bond acceptors (Lipinski definition) is 8. The molecule has 0 radical (unpaired) electrons. The molecular weight excluding hydrogens is 677 g/mol. The summed E-state index contributed by atoms with van der Waals surface area (Å²) in [4.78, 5) is 34.5. The Kier molecular flexibility index (Phi) is 12.1. The number of amides is 3. The fraction of sp³-hybridized carbons (Fsp3) is 0.375. The second-order valence-electron chi connectivity index (χ2n) is 13.1. The van der Waals surface area contributed by atoms with E-state index in [1.165, 1.54) is 27.2 Å². The minimum Gasteiger partial charge on any atom is -0.490 e. The van der Waals surface area contributed by atoms with Crippen LogP contribution in [0.3, 0.4) is 0 Å². The highest BCUT2D eigenvalue weighted by Crippen LogP contribution is 2.38. The zero-order valence-corrected chi connectivity index (χ0v) is 31.1. The van der Waals surface area contributed by atoms with E-state index >= 15 is 0 Å². The molecule has 0 aliphatic carbocycles.